The largest absolute Gasteiger partial charge is 0.310 e. The third-order valence-electron chi connectivity index (χ3n) is 13.2. The molecule has 0 fully saturated rings. The molecule has 11 rings (SSSR count). The van der Waals surface area contributed by atoms with Crippen LogP contribution in [0.15, 0.2) is 188 Å². The molecule has 10 aromatic rings. The molecule has 288 valence electrons. The summed E-state index contributed by atoms with van der Waals surface area (Å²) in [5, 5.41) is 5.04. The minimum Gasteiger partial charge on any atom is -0.310 e. The SMILES string of the molecule is Cc1ccc(N(c2ccc(C)c(C)c2)c2cc3c(c4ccccc24)-c2ccc(-n4c5ccc(-c6ccccc6)cc5c5cc(-c6ccccc6)ccc54)cc2C3(C)C)cc1. The summed E-state index contributed by atoms with van der Waals surface area (Å²) in [4.78, 5) is 2.46. The maximum Gasteiger partial charge on any atom is 0.0543 e. The van der Waals surface area contributed by atoms with Crippen molar-refractivity contribution in [3.63, 3.8) is 0 Å². The van der Waals surface area contributed by atoms with E-state index in [1.807, 2.05) is 0 Å². The number of hydrogen-bond donors (Lipinski definition) is 0. The second-order valence-corrected chi connectivity index (χ2v) is 17.2. The predicted molar refractivity (Wildman–Crippen MR) is 256 cm³/mol. The van der Waals surface area contributed by atoms with Crippen molar-refractivity contribution >= 4 is 49.6 Å². The Kier molecular flexibility index (Phi) is 8.22. The molecule has 1 aromatic heterocycles. The van der Waals surface area contributed by atoms with Crippen LogP contribution >= 0.6 is 0 Å². The van der Waals surface area contributed by atoms with Crippen LogP contribution in [0.4, 0.5) is 17.1 Å². The fraction of sp³-hybridized carbons (Fsp3) is 0.103. The highest BCUT2D eigenvalue weighted by Gasteiger charge is 2.38. The van der Waals surface area contributed by atoms with Crippen molar-refractivity contribution in [3.8, 4) is 39.1 Å². The summed E-state index contributed by atoms with van der Waals surface area (Å²) in [6, 6.07) is 70.0. The Morgan fingerprint density at radius 1 is 0.417 bits per heavy atom. The van der Waals surface area contributed by atoms with Crippen molar-refractivity contribution in [2.45, 2.75) is 40.0 Å². The van der Waals surface area contributed by atoms with Gasteiger partial charge in [0.2, 0.25) is 0 Å². The topological polar surface area (TPSA) is 8.17 Å². The molecule has 2 heteroatoms. The molecule has 1 aliphatic rings. The molecule has 0 radical (unpaired) electrons. The molecule has 0 atom stereocenters. The van der Waals surface area contributed by atoms with Crippen LogP contribution in [-0.2, 0) is 5.41 Å². The van der Waals surface area contributed by atoms with Crippen LogP contribution < -0.4 is 4.90 Å². The van der Waals surface area contributed by atoms with Crippen molar-refractivity contribution in [2.75, 3.05) is 4.90 Å². The Morgan fingerprint density at radius 3 is 1.62 bits per heavy atom. The molecule has 1 heterocycles. The first-order valence-electron chi connectivity index (χ1n) is 21.1. The fourth-order valence-electron chi connectivity index (χ4n) is 9.78. The van der Waals surface area contributed by atoms with Crippen molar-refractivity contribution in [1.29, 1.82) is 0 Å². The molecule has 0 saturated carbocycles. The second-order valence-electron chi connectivity index (χ2n) is 17.2. The Morgan fingerprint density at radius 2 is 1.00 bits per heavy atom. The van der Waals surface area contributed by atoms with Crippen molar-refractivity contribution in [3.05, 3.63) is 216 Å². The number of hydrogen-bond acceptors (Lipinski definition) is 1. The van der Waals surface area contributed by atoms with Crippen LogP contribution in [0.3, 0.4) is 0 Å². The van der Waals surface area contributed by atoms with Gasteiger partial charge in [-0.25, -0.2) is 0 Å². The van der Waals surface area contributed by atoms with E-state index in [9.17, 15) is 0 Å². The highest BCUT2D eigenvalue weighted by Crippen LogP contribution is 2.55. The average Bonchev–Trinajstić information content (AvgIpc) is 3.73. The normalized spacial score (nSPS) is 12.9. The molecule has 0 N–H and O–H groups in total. The van der Waals surface area contributed by atoms with E-state index in [4.69, 9.17) is 0 Å². The number of aromatic nitrogens is 1. The maximum absolute atomic E-state index is 2.49. The first kappa shape index (κ1) is 36.0. The van der Waals surface area contributed by atoms with Crippen molar-refractivity contribution < 1.29 is 0 Å². The minimum atomic E-state index is -0.263. The maximum atomic E-state index is 2.49. The number of benzene rings is 9. The molecular formula is C58H46N2. The van der Waals surface area contributed by atoms with Gasteiger partial charge in [0.1, 0.15) is 0 Å². The number of nitrogens with zero attached hydrogens (tertiary/aromatic N) is 2. The van der Waals surface area contributed by atoms with Crippen LogP contribution in [0, 0.1) is 20.8 Å². The van der Waals surface area contributed by atoms with Crippen LogP contribution in [0.25, 0.3) is 71.6 Å². The Hall–Kier alpha value is -7.16. The fourth-order valence-corrected chi connectivity index (χ4v) is 9.78. The van der Waals surface area contributed by atoms with Gasteiger partial charge in [-0.15, -0.1) is 0 Å². The molecule has 0 unspecified atom stereocenters. The van der Waals surface area contributed by atoms with E-state index in [2.05, 4.69) is 232 Å². The summed E-state index contributed by atoms with van der Waals surface area (Å²) in [5.41, 5.74) is 20.9. The highest BCUT2D eigenvalue weighted by molar-refractivity contribution is 6.13. The van der Waals surface area contributed by atoms with Crippen LogP contribution in [0.1, 0.15) is 41.7 Å². The van der Waals surface area contributed by atoms with E-state index in [1.165, 1.54) is 111 Å². The molecule has 0 aliphatic heterocycles. The third kappa shape index (κ3) is 5.62. The van der Waals surface area contributed by atoms with Gasteiger partial charge in [-0.2, -0.15) is 0 Å². The predicted octanol–water partition coefficient (Wildman–Crippen LogP) is 16.0. The molecule has 0 spiro atoms. The summed E-state index contributed by atoms with van der Waals surface area (Å²) in [6.07, 6.45) is 0. The molecule has 9 aromatic carbocycles. The van der Waals surface area contributed by atoms with Gasteiger partial charge in [-0.05, 0) is 149 Å². The van der Waals surface area contributed by atoms with E-state index in [0.717, 1.165) is 5.69 Å². The number of anilines is 3. The van der Waals surface area contributed by atoms with E-state index in [1.54, 1.807) is 0 Å². The minimum absolute atomic E-state index is 0.263. The van der Waals surface area contributed by atoms with Crippen LogP contribution in [0.2, 0.25) is 0 Å². The monoisotopic (exact) mass is 770 g/mol. The Bertz CT molecular complexity index is 3200. The summed E-state index contributed by atoms with van der Waals surface area (Å²) in [6.45, 7) is 11.4. The molecule has 60 heavy (non-hydrogen) atoms. The average molecular weight is 771 g/mol. The third-order valence-corrected chi connectivity index (χ3v) is 13.2. The molecule has 0 amide bonds. The number of rotatable bonds is 6. The van der Waals surface area contributed by atoms with Crippen molar-refractivity contribution in [2.24, 2.45) is 0 Å². The number of aryl methyl sites for hydroxylation is 3. The first-order valence-corrected chi connectivity index (χ1v) is 21.1. The molecule has 2 nitrogen and oxygen atoms in total. The molecule has 0 saturated heterocycles. The lowest BCUT2D eigenvalue weighted by molar-refractivity contribution is 0.660. The van der Waals surface area contributed by atoms with Gasteiger partial charge in [0.15, 0.2) is 0 Å². The zero-order valence-corrected chi connectivity index (χ0v) is 34.8. The van der Waals surface area contributed by atoms with Gasteiger partial charge in [-0.1, -0.05) is 141 Å². The Balaban J connectivity index is 1.12. The summed E-state index contributed by atoms with van der Waals surface area (Å²) < 4.78 is 2.48. The summed E-state index contributed by atoms with van der Waals surface area (Å²) in [5.74, 6) is 0. The van der Waals surface area contributed by atoms with Crippen LogP contribution in [-0.4, -0.2) is 4.57 Å². The van der Waals surface area contributed by atoms with E-state index >= 15 is 0 Å². The van der Waals surface area contributed by atoms with Gasteiger partial charge < -0.3 is 9.47 Å². The zero-order valence-electron chi connectivity index (χ0n) is 34.8. The Labute approximate surface area is 352 Å². The van der Waals surface area contributed by atoms with Gasteiger partial charge in [0.05, 0.1) is 16.7 Å². The van der Waals surface area contributed by atoms with Crippen LogP contribution in [0.5, 0.6) is 0 Å². The zero-order chi connectivity index (χ0) is 40.7. The molecule has 0 bridgehead atoms. The van der Waals surface area contributed by atoms with Gasteiger partial charge in [0.25, 0.3) is 0 Å². The first-order chi connectivity index (χ1) is 29.2. The smallest absolute Gasteiger partial charge is 0.0543 e. The number of fused-ring (bicyclic) bond motifs is 8. The highest BCUT2D eigenvalue weighted by atomic mass is 15.1. The molecular weight excluding hydrogens is 725 g/mol. The van der Waals surface area contributed by atoms with Gasteiger partial charge >= 0.3 is 0 Å². The quantitative estimate of drug-likeness (QED) is 0.163. The van der Waals surface area contributed by atoms with E-state index < -0.39 is 0 Å². The van der Waals surface area contributed by atoms with E-state index in [0.29, 0.717) is 0 Å². The summed E-state index contributed by atoms with van der Waals surface area (Å²) in [7, 11) is 0. The lowest BCUT2D eigenvalue weighted by Gasteiger charge is -2.30. The van der Waals surface area contributed by atoms with Gasteiger partial charge in [0, 0.05) is 38.6 Å². The lowest BCUT2D eigenvalue weighted by Crippen LogP contribution is -2.17. The second kappa shape index (κ2) is 13.7. The molecule has 1 aliphatic carbocycles. The van der Waals surface area contributed by atoms with Gasteiger partial charge in [-0.3, -0.25) is 0 Å². The van der Waals surface area contributed by atoms with Crippen molar-refractivity contribution in [1.82, 2.24) is 4.57 Å². The lowest BCUT2D eigenvalue weighted by atomic mass is 9.81. The summed E-state index contributed by atoms with van der Waals surface area (Å²) >= 11 is 0. The standard InChI is InChI=1S/C58H46N2/c1-37-20-25-44(26-21-37)59(45-27-22-38(2)39(3)32-45)56-36-53-57(48-19-13-12-18-47(48)56)49-29-28-46(35-52(49)58(53,4)5)60-54-30-23-42(40-14-8-6-9-15-40)33-50(54)51-34-43(24-31-55(51)60)41-16-10-7-11-17-41/h6-36H,1-5H3. The van der Waals surface area contributed by atoms with E-state index in [-0.39, 0.29) is 5.41 Å².